The molecule has 28 heavy (non-hydrogen) atoms. The second-order valence-corrected chi connectivity index (χ2v) is 9.85. The Kier molecular flexibility index (Phi) is 6.21. The Labute approximate surface area is 175 Å². The van der Waals surface area contributed by atoms with E-state index in [-0.39, 0.29) is 5.91 Å². The van der Waals surface area contributed by atoms with Crippen LogP contribution in [0.4, 0.5) is 0 Å². The standard InChI is InChI=1S/C21H28N4OS2/c1-3-10-25-20(17-12-27-18-11-14(2)8-9-16(17)18)23-24-21(25)28-13-19(26)22-15-6-4-5-7-15/h3,12,14-15H,1,4-11,13H2,2H3,(H,22,26). The van der Waals surface area contributed by atoms with Gasteiger partial charge in [0.2, 0.25) is 5.91 Å². The summed E-state index contributed by atoms with van der Waals surface area (Å²) >= 11 is 3.31. The number of hydrogen-bond donors (Lipinski definition) is 1. The number of aromatic nitrogens is 3. The molecule has 1 fully saturated rings. The van der Waals surface area contributed by atoms with Crippen LogP contribution in [0.25, 0.3) is 11.4 Å². The van der Waals surface area contributed by atoms with Gasteiger partial charge in [0, 0.05) is 28.4 Å². The maximum Gasteiger partial charge on any atom is 0.230 e. The zero-order valence-corrected chi connectivity index (χ0v) is 18.1. The zero-order valence-electron chi connectivity index (χ0n) is 16.4. The van der Waals surface area contributed by atoms with Crippen molar-refractivity contribution in [3.8, 4) is 11.4 Å². The lowest BCUT2D eigenvalue weighted by Crippen LogP contribution is -2.33. The van der Waals surface area contributed by atoms with E-state index < -0.39 is 0 Å². The van der Waals surface area contributed by atoms with Crippen LogP contribution in [-0.2, 0) is 24.2 Å². The van der Waals surface area contributed by atoms with E-state index in [1.54, 1.807) is 0 Å². The van der Waals surface area contributed by atoms with E-state index in [4.69, 9.17) is 0 Å². The average Bonchev–Trinajstić information content (AvgIpc) is 3.40. The molecule has 0 bridgehead atoms. The summed E-state index contributed by atoms with van der Waals surface area (Å²) in [5.74, 6) is 2.14. The van der Waals surface area contributed by atoms with Gasteiger partial charge in [0.15, 0.2) is 11.0 Å². The van der Waals surface area contributed by atoms with Crippen molar-refractivity contribution in [2.75, 3.05) is 5.75 Å². The van der Waals surface area contributed by atoms with Crippen molar-refractivity contribution in [2.45, 2.75) is 69.6 Å². The van der Waals surface area contributed by atoms with Gasteiger partial charge in [-0.3, -0.25) is 9.36 Å². The third-order valence-electron chi connectivity index (χ3n) is 5.72. The fourth-order valence-corrected chi connectivity index (χ4v) is 6.22. The zero-order chi connectivity index (χ0) is 19.5. The smallest absolute Gasteiger partial charge is 0.230 e. The van der Waals surface area contributed by atoms with Crippen LogP contribution in [0.1, 0.15) is 49.5 Å². The second kappa shape index (κ2) is 8.82. The number of amides is 1. The summed E-state index contributed by atoms with van der Waals surface area (Å²) in [6.45, 7) is 6.87. The van der Waals surface area contributed by atoms with Crippen LogP contribution in [0.3, 0.4) is 0 Å². The summed E-state index contributed by atoms with van der Waals surface area (Å²) < 4.78 is 2.10. The first-order valence-electron chi connectivity index (χ1n) is 10.2. The van der Waals surface area contributed by atoms with Crippen molar-refractivity contribution >= 4 is 29.0 Å². The van der Waals surface area contributed by atoms with E-state index in [0.29, 0.717) is 18.3 Å². The maximum absolute atomic E-state index is 12.3. The summed E-state index contributed by atoms with van der Waals surface area (Å²) in [6.07, 6.45) is 10.0. The maximum atomic E-state index is 12.3. The van der Waals surface area contributed by atoms with E-state index in [1.165, 1.54) is 53.4 Å². The Morgan fingerprint density at radius 3 is 3.00 bits per heavy atom. The first-order chi connectivity index (χ1) is 13.7. The second-order valence-electron chi connectivity index (χ2n) is 7.94. The molecule has 2 aromatic rings. The number of hydrogen-bond acceptors (Lipinski definition) is 5. The Bertz CT molecular complexity index is 851. The van der Waals surface area contributed by atoms with Gasteiger partial charge in [-0.25, -0.2) is 0 Å². The Morgan fingerprint density at radius 2 is 2.21 bits per heavy atom. The largest absolute Gasteiger partial charge is 0.353 e. The number of carbonyl (C=O) groups excluding carboxylic acids is 1. The molecule has 0 spiro atoms. The Balaban J connectivity index is 1.50. The van der Waals surface area contributed by atoms with Crippen molar-refractivity contribution < 1.29 is 4.79 Å². The van der Waals surface area contributed by atoms with E-state index in [9.17, 15) is 4.79 Å². The minimum absolute atomic E-state index is 0.0912. The molecule has 2 heterocycles. The van der Waals surface area contributed by atoms with E-state index in [2.05, 4.69) is 39.0 Å². The number of rotatable bonds is 7. The Hall–Kier alpha value is -1.60. The summed E-state index contributed by atoms with van der Waals surface area (Å²) in [5.41, 5.74) is 2.65. The van der Waals surface area contributed by atoms with Crippen LogP contribution in [0.15, 0.2) is 23.2 Å². The number of thioether (sulfide) groups is 1. The molecule has 0 aliphatic heterocycles. The molecule has 0 radical (unpaired) electrons. The molecule has 7 heteroatoms. The normalized spacial score (nSPS) is 19.5. The minimum Gasteiger partial charge on any atom is -0.353 e. The van der Waals surface area contributed by atoms with Crippen LogP contribution in [0.2, 0.25) is 0 Å². The molecule has 150 valence electrons. The number of fused-ring (bicyclic) bond motifs is 1. The fourth-order valence-electron chi connectivity index (χ4n) is 4.22. The van der Waals surface area contributed by atoms with Crippen LogP contribution in [-0.4, -0.2) is 32.5 Å². The predicted molar refractivity (Wildman–Crippen MR) is 116 cm³/mol. The highest BCUT2D eigenvalue weighted by Crippen LogP contribution is 2.38. The molecule has 1 saturated carbocycles. The van der Waals surface area contributed by atoms with Gasteiger partial charge in [-0.2, -0.15) is 0 Å². The number of thiophene rings is 1. The molecule has 2 aromatic heterocycles. The molecule has 2 aliphatic carbocycles. The van der Waals surface area contributed by atoms with Crippen LogP contribution < -0.4 is 5.32 Å². The average molecular weight is 417 g/mol. The summed E-state index contributed by atoms with van der Waals surface area (Å²) in [5, 5.41) is 15.1. The lowest BCUT2D eigenvalue weighted by Gasteiger charge is -2.19. The van der Waals surface area contributed by atoms with Crippen molar-refractivity contribution in [1.82, 2.24) is 20.1 Å². The van der Waals surface area contributed by atoms with Gasteiger partial charge in [-0.15, -0.1) is 28.1 Å². The highest BCUT2D eigenvalue weighted by atomic mass is 32.2. The number of nitrogens with one attached hydrogen (secondary N) is 1. The van der Waals surface area contributed by atoms with E-state index in [1.807, 2.05) is 17.4 Å². The molecule has 2 aliphatic rings. The molecule has 1 unspecified atom stereocenters. The molecule has 5 nitrogen and oxygen atoms in total. The number of allylic oxidation sites excluding steroid dienone is 1. The molecule has 0 saturated heterocycles. The summed E-state index contributed by atoms with van der Waals surface area (Å²) in [4.78, 5) is 13.8. The molecule has 1 atom stereocenters. The van der Waals surface area contributed by atoms with Crippen molar-refractivity contribution in [3.63, 3.8) is 0 Å². The topological polar surface area (TPSA) is 59.8 Å². The molecule has 4 rings (SSSR count). The van der Waals surface area contributed by atoms with E-state index >= 15 is 0 Å². The first kappa shape index (κ1) is 19.7. The van der Waals surface area contributed by atoms with Crippen LogP contribution in [0, 0.1) is 5.92 Å². The molecular formula is C21H28N4OS2. The molecule has 1 N–H and O–H groups in total. The molecule has 0 aromatic carbocycles. The predicted octanol–water partition coefficient (Wildman–Crippen LogP) is 4.47. The van der Waals surface area contributed by atoms with Gasteiger partial charge in [-0.1, -0.05) is 37.6 Å². The van der Waals surface area contributed by atoms with Crippen molar-refractivity contribution in [1.29, 1.82) is 0 Å². The quantitative estimate of drug-likeness (QED) is 0.534. The van der Waals surface area contributed by atoms with Gasteiger partial charge in [0.1, 0.15) is 0 Å². The fraction of sp³-hybridized carbons (Fsp3) is 0.571. The van der Waals surface area contributed by atoms with Crippen LogP contribution >= 0.6 is 23.1 Å². The summed E-state index contributed by atoms with van der Waals surface area (Å²) in [6, 6.07) is 0.356. The highest BCUT2D eigenvalue weighted by molar-refractivity contribution is 7.99. The third kappa shape index (κ3) is 4.20. The van der Waals surface area contributed by atoms with Gasteiger partial charge in [-0.05, 0) is 43.6 Å². The molecule has 1 amide bonds. The summed E-state index contributed by atoms with van der Waals surface area (Å²) in [7, 11) is 0. The van der Waals surface area contributed by atoms with Gasteiger partial charge in [0.05, 0.1) is 5.75 Å². The number of carbonyl (C=O) groups is 1. The van der Waals surface area contributed by atoms with Gasteiger partial charge in [0.25, 0.3) is 0 Å². The molecular weight excluding hydrogens is 388 g/mol. The van der Waals surface area contributed by atoms with Gasteiger partial charge < -0.3 is 5.32 Å². The highest BCUT2D eigenvalue weighted by Gasteiger charge is 2.24. The lowest BCUT2D eigenvalue weighted by atomic mass is 9.88. The third-order valence-corrected chi connectivity index (χ3v) is 7.74. The SMILES string of the molecule is C=CCn1c(SCC(=O)NC2CCCC2)nnc1-c1csc2c1CCC(C)C2. The monoisotopic (exact) mass is 416 g/mol. The van der Waals surface area contributed by atoms with Crippen molar-refractivity contribution in [3.05, 3.63) is 28.5 Å². The Morgan fingerprint density at radius 1 is 1.39 bits per heavy atom. The number of nitrogens with zero attached hydrogens (tertiary/aromatic N) is 3. The van der Waals surface area contributed by atoms with E-state index in [0.717, 1.165) is 36.2 Å². The minimum atomic E-state index is 0.0912. The lowest BCUT2D eigenvalue weighted by molar-refractivity contribution is -0.119. The van der Waals surface area contributed by atoms with Crippen molar-refractivity contribution in [2.24, 2.45) is 5.92 Å². The van der Waals surface area contributed by atoms with Crippen LogP contribution in [0.5, 0.6) is 0 Å². The van der Waals surface area contributed by atoms with Gasteiger partial charge >= 0.3 is 0 Å². The first-order valence-corrected chi connectivity index (χ1v) is 12.1.